The summed E-state index contributed by atoms with van der Waals surface area (Å²) in [5.74, 6) is 0.285. The minimum absolute atomic E-state index is 0.188. The van der Waals surface area contributed by atoms with E-state index in [1.165, 1.54) is 35.2 Å². The van der Waals surface area contributed by atoms with Crippen LogP contribution in [0, 0.1) is 5.92 Å². The molecular weight excluding hydrogens is 434 g/mol. The second kappa shape index (κ2) is 10.8. The molecule has 2 saturated heterocycles. The predicted octanol–water partition coefficient (Wildman–Crippen LogP) is 4.02. The van der Waals surface area contributed by atoms with Gasteiger partial charge < -0.3 is 5.32 Å². The summed E-state index contributed by atoms with van der Waals surface area (Å²) in [7, 11) is -3.58. The van der Waals surface area contributed by atoms with Crippen LogP contribution in [0.5, 0.6) is 0 Å². The summed E-state index contributed by atoms with van der Waals surface area (Å²) < 4.78 is 27.6. The molecule has 0 bridgehead atoms. The Kier molecular flexibility index (Phi) is 7.83. The Balaban J connectivity index is 1.38. The molecule has 0 saturated carbocycles. The van der Waals surface area contributed by atoms with Gasteiger partial charge in [-0.2, -0.15) is 4.31 Å². The van der Waals surface area contributed by atoms with Gasteiger partial charge in [0, 0.05) is 31.7 Å². The zero-order valence-corrected chi connectivity index (χ0v) is 20.3. The van der Waals surface area contributed by atoms with Gasteiger partial charge in [0.25, 0.3) is 5.91 Å². The molecule has 1 amide bonds. The highest BCUT2D eigenvalue weighted by atomic mass is 32.2. The maximum absolute atomic E-state index is 13.0. The van der Waals surface area contributed by atoms with Crippen LogP contribution in [-0.4, -0.2) is 49.7 Å². The highest BCUT2D eigenvalue weighted by Gasteiger charge is 2.28. The summed E-state index contributed by atoms with van der Waals surface area (Å²) in [6.07, 6.45) is 5.59. The van der Waals surface area contributed by atoms with Gasteiger partial charge in [-0.15, -0.1) is 0 Å². The number of hydrogen-bond acceptors (Lipinski definition) is 4. The number of nitrogens with zero attached hydrogens (tertiary/aromatic N) is 2. The second-order valence-corrected chi connectivity index (χ2v) is 11.4. The van der Waals surface area contributed by atoms with Gasteiger partial charge >= 0.3 is 0 Å². The van der Waals surface area contributed by atoms with Gasteiger partial charge in [-0.05, 0) is 74.0 Å². The van der Waals surface area contributed by atoms with E-state index in [1.807, 2.05) is 12.1 Å². The number of piperidine rings is 2. The van der Waals surface area contributed by atoms with Gasteiger partial charge in [0.15, 0.2) is 0 Å². The summed E-state index contributed by atoms with van der Waals surface area (Å²) >= 11 is 0. The number of rotatable bonds is 7. The normalized spacial score (nSPS) is 18.8. The Morgan fingerprint density at radius 1 is 0.939 bits per heavy atom. The molecule has 0 unspecified atom stereocenters. The molecule has 0 aromatic heterocycles. The highest BCUT2D eigenvalue weighted by Crippen LogP contribution is 2.24. The molecule has 178 valence electrons. The van der Waals surface area contributed by atoms with Gasteiger partial charge in [0.05, 0.1) is 4.90 Å². The monoisotopic (exact) mass is 469 g/mol. The van der Waals surface area contributed by atoms with Crippen LogP contribution in [0.1, 0.15) is 60.5 Å². The third-order valence-corrected chi connectivity index (χ3v) is 8.67. The van der Waals surface area contributed by atoms with Crippen LogP contribution in [0.15, 0.2) is 53.4 Å². The second-order valence-electron chi connectivity index (χ2n) is 9.45. The molecule has 0 spiro atoms. The first-order valence-electron chi connectivity index (χ1n) is 12.1. The average molecular weight is 470 g/mol. The van der Waals surface area contributed by atoms with Gasteiger partial charge in [0.1, 0.15) is 0 Å². The number of nitrogens with one attached hydrogen (secondary N) is 1. The molecule has 2 fully saturated rings. The smallest absolute Gasteiger partial charge is 0.251 e. The van der Waals surface area contributed by atoms with Crippen LogP contribution < -0.4 is 5.32 Å². The van der Waals surface area contributed by atoms with Crippen molar-refractivity contribution >= 4 is 15.9 Å². The first-order valence-corrected chi connectivity index (χ1v) is 13.5. The fourth-order valence-electron chi connectivity index (χ4n) is 4.67. The molecule has 2 aromatic carbocycles. The molecule has 33 heavy (non-hydrogen) atoms. The van der Waals surface area contributed by atoms with Gasteiger partial charge in [-0.1, -0.05) is 43.7 Å². The van der Waals surface area contributed by atoms with E-state index in [1.54, 1.807) is 18.2 Å². The van der Waals surface area contributed by atoms with E-state index < -0.39 is 10.0 Å². The van der Waals surface area contributed by atoms with Gasteiger partial charge in [-0.3, -0.25) is 9.69 Å². The van der Waals surface area contributed by atoms with Gasteiger partial charge in [0.2, 0.25) is 10.0 Å². The Hall–Kier alpha value is -2.22. The van der Waals surface area contributed by atoms with Crippen molar-refractivity contribution in [2.24, 2.45) is 5.92 Å². The van der Waals surface area contributed by atoms with E-state index in [9.17, 15) is 13.2 Å². The summed E-state index contributed by atoms with van der Waals surface area (Å²) in [5, 5.41) is 2.95. The zero-order valence-electron chi connectivity index (χ0n) is 19.5. The first-order chi connectivity index (χ1) is 15.9. The molecule has 2 aliphatic rings. The van der Waals surface area contributed by atoms with E-state index in [2.05, 4.69) is 29.3 Å². The molecule has 1 N–H and O–H groups in total. The summed E-state index contributed by atoms with van der Waals surface area (Å²) in [4.78, 5) is 15.5. The minimum atomic E-state index is -3.58. The quantitative estimate of drug-likeness (QED) is 0.665. The molecule has 2 aromatic rings. The lowest BCUT2D eigenvalue weighted by Gasteiger charge is -2.29. The SMILES string of the molecule is CC1CCN(S(=O)(=O)c2cccc(C(=O)NCc3cccc(CN4CCCCC4)c3)c2)CC1. The maximum atomic E-state index is 13.0. The van der Waals surface area contributed by atoms with Crippen LogP contribution in [0.2, 0.25) is 0 Å². The first kappa shape index (κ1) is 23.9. The number of amides is 1. The molecule has 7 heteroatoms. The summed E-state index contributed by atoms with van der Waals surface area (Å²) in [6.45, 7) is 6.87. The highest BCUT2D eigenvalue weighted by molar-refractivity contribution is 7.89. The Bertz CT molecular complexity index is 1060. The Labute approximate surface area is 198 Å². The van der Waals surface area contributed by atoms with Crippen LogP contribution in [-0.2, 0) is 23.1 Å². The number of carbonyl (C=O) groups excluding carboxylic acids is 1. The van der Waals surface area contributed by atoms with E-state index in [0.717, 1.165) is 38.0 Å². The standard InChI is InChI=1S/C26H35N3O3S/c1-21-11-15-29(16-12-21)33(31,32)25-10-6-9-24(18-25)26(30)27-19-22-7-5-8-23(17-22)20-28-13-3-2-4-14-28/h5-10,17-18,21H,2-4,11-16,19-20H2,1H3,(H,27,30). The van der Waals surface area contributed by atoms with Crippen molar-refractivity contribution in [3.05, 3.63) is 65.2 Å². The lowest BCUT2D eigenvalue weighted by Crippen LogP contribution is -2.38. The predicted molar refractivity (Wildman–Crippen MR) is 130 cm³/mol. The van der Waals surface area contributed by atoms with E-state index in [4.69, 9.17) is 0 Å². The number of benzene rings is 2. The van der Waals surface area contributed by atoms with Crippen molar-refractivity contribution in [2.45, 2.75) is 57.0 Å². The van der Waals surface area contributed by atoms with Crippen molar-refractivity contribution < 1.29 is 13.2 Å². The van der Waals surface area contributed by atoms with Crippen LogP contribution in [0.25, 0.3) is 0 Å². The molecule has 0 atom stereocenters. The van der Waals surface area contributed by atoms with Crippen molar-refractivity contribution in [1.82, 2.24) is 14.5 Å². The summed E-state index contributed by atoms with van der Waals surface area (Å²) in [5.41, 5.74) is 2.67. The van der Waals surface area contributed by atoms with Crippen molar-refractivity contribution in [3.8, 4) is 0 Å². The third kappa shape index (κ3) is 6.22. The Morgan fingerprint density at radius 2 is 1.64 bits per heavy atom. The number of likely N-dealkylation sites (tertiary alicyclic amines) is 1. The molecule has 6 nitrogen and oxygen atoms in total. The number of carbonyl (C=O) groups is 1. The third-order valence-electron chi connectivity index (χ3n) is 6.78. The molecular formula is C26H35N3O3S. The average Bonchev–Trinajstić information content (AvgIpc) is 2.84. The van der Waals surface area contributed by atoms with E-state index in [0.29, 0.717) is 31.1 Å². The van der Waals surface area contributed by atoms with Crippen molar-refractivity contribution in [3.63, 3.8) is 0 Å². The summed E-state index contributed by atoms with van der Waals surface area (Å²) in [6, 6.07) is 14.7. The lowest BCUT2D eigenvalue weighted by molar-refractivity contribution is 0.0950. The van der Waals surface area contributed by atoms with E-state index >= 15 is 0 Å². The topological polar surface area (TPSA) is 69.7 Å². The lowest BCUT2D eigenvalue weighted by atomic mass is 10.0. The van der Waals surface area contributed by atoms with Crippen LogP contribution >= 0.6 is 0 Å². The number of sulfonamides is 1. The minimum Gasteiger partial charge on any atom is -0.348 e. The Morgan fingerprint density at radius 3 is 2.39 bits per heavy atom. The molecule has 0 radical (unpaired) electrons. The van der Waals surface area contributed by atoms with Crippen LogP contribution in [0.4, 0.5) is 0 Å². The van der Waals surface area contributed by atoms with Crippen molar-refractivity contribution in [2.75, 3.05) is 26.2 Å². The van der Waals surface area contributed by atoms with Gasteiger partial charge in [-0.25, -0.2) is 8.42 Å². The molecule has 2 heterocycles. The fraction of sp³-hybridized carbons (Fsp3) is 0.500. The number of hydrogen-bond donors (Lipinski definition) is 1. The fourth-order valence-corrected chi connectivity index (χ4v) is 6.19. The van der Waals surface area contributed by atoms with Crippen LogP contribution in [0.3, 0.4) is 0 Å². The molecule has 2 aliphatic heterocycles. The van der Waals surface area contributed by atoms with E-state index in [-0.39, 0.29) is 10.8 Å². The maximum Gasteiger partial charge on any atom is 0.251 e. The molecule has 0 aliphatic carbocycles. The van der Waals surface area contributed by atoms with Crippen molar-refractivity contribution in [1.29, 1.82) is 0 Å². The zero-order chi connectivity index (χ0) is 23.3. The molecule has 4 rings (SSSR count). The largest absolute Gasteiger partial charge is 0.348 e.